The highest BCUT2D eigenvalue weighted by Crippen LogP contribution is 2.29. The fourth-order valence-corrected chi connectivity index (χ4v) is 2.70. The number of aromatic nitrogens is 3. The Labute approximate surface area is 113 Å². The molecule has 0 aliphatic carbocycles. The first-order chi connectivity index (χ1) is 9.18. The summed E-state index contributed by atoms with van der Waals surface area (Å²) in [5.41, 5.74) is 2.43. The Morgan fingerprint density at radius 3 is 2.95 bits per heavy atom. The third-order valence-corrected chi connectivity index (χ3v) is 4.14. The van der Waals surface area contributed by atoms with Crippen molar-refractivity contribution in [2.45, 2.75) is 19.8 Å². The number of piperidine rings is 1. The molecular weight excluding hydrogens is 238 g/mol. The SMILES string of the molecule is Cn1cnc2c(NCC3(C)CCNCC3)nccc21. The van der Waals surface area contributed by atoms with Crippen molar-refractivity contribution in [2.75, 3.05) is 25.0 Å². The maximum absolute atomic E-state index is 4.43. The molecule has 0 spiro atoms. The van der Waals surface area contributed by atoms with Gasteiger partial charge in [-0.05, 0) is 37.4 Å². The van der Waals surface area contributed by atoms with Gasteiger partial charge >= 0.3 is 0 Å². The van der Waals surface area contributed by atoms with Crippen LogP contribution in [0.1, 0.15) is 19.8 Å². The summed E-state index contributed by atoms with van der Waals surface area (Å²) in [5, 5.41) is 6.91. The Bertz CT molecular complexity index is 568. The fraction of sp³-hybridized carbons (Fsp3) is 0.571. The van der Waals surface area contributed by atoms with E-state index in [1.165, 1.54) is 12.8 Å². The molecule has 3 rings (SSSR count). The molecule has 102 valence electrons. The van der Waals surface area contributed by atoms with Crippen molar-refractivity contribution < 1.29 is 0 Å². The molecule has 1 saturated heterocycles. The molecule has 2 aromatic heterocycles. The highest BCUT2D eigenvalue weighted by molar-refractivity contribution is 5.85. The van der Waals surface area contributed by atoms with E-state index >= 15 is 0 Å². The van der Waals surface area contributed by atoms with E-state index in [1.807, 2.05) is 30.2 Å². The molecule has 0 aromatic carbocycles. The predicted octanol–water partition coefficient (Wildman–Crippen LogP) is 1.77. The average molecular weight is 259 g/mol. The number of nitrogens with one attached hydrogen (secondary N) is 2. The predicted molar refractivity (Wildman–Crippen MR) is 77.2 cm³/mol. The zero-order chi connectivity index (χ0) is 13.3. The lowest BCUT2D eigenvalue weighted by Crippen LogP contribution is -2.39. The quantitative estimate of drug-likeness (QED) is 0.882. The van der Waals surface area contributed by atoms with Crippen LogP contribution in [0, 0.1) is 5.41 Å². The van der Waals surface area contributed by atoms with Gasteiger partial charge in [0.15, 0.2) is 5.82 Å². The second kappa shape index (κ2) is 4.81. The number of nitrogens with zero attached hydrogens (tertiary/aromatic N) is 3. The van der Waals surface area contributed by atoms with Gasteiger partial charge in [-0.3, -0.25) is 0 Å². The molecule has 1 fully saturated rings. The third-order valence-electron chi connectivity index (χ3n) is 4.14. The fourth-order valence-electron chi connectivity index (χ4n) is 2.70. The van der Waals surface area contributed by atoms with Crippen molar-refractivity contribution in [2.24, 2.45) is 12.5 Å². The van der Waals surface area contributed by atoms with Gasteiger partial charge in [0.05, 0.1) is 11.8 Å². The van der Waals surface area contributed by atoms with E-state index in [4.69, 9.17) is 0 Å². The molecule has 0 unspecified atom stereocenters. The third kappa shape index (κ3) is 2.42. The van der Waals surface area contributed by atoms with Crippen LogP contribution in [0.25, 0.3) is 11.0 Å². The van der Waals surface area contributed by atoms with Crippen molar-refractivity contribution in [3.8, 4) is 0 Å². The van der Waals surface area contributed by atoms with Crippen molar-refractivity contribution >= 4 is 16.9 Å². The topological polar surface area (TPSA) is 54.8 Å². The summed E-state index contributed by atoms with van der Waals surface area (Å²) in [4.78, 5) is 8.86. The highest BCUT2D eigenvalue weighted by Gasteiger charge is 2.26. The molecule has 2 N–H and O–H groups in total. The Balaban J connectivity index is 1.78. The lowest BCUT2D eigenvalue weighted by molar-refractivity contribution is 0.247. The smallest absolute Gasteiger partial charge is 0.154 e. The van der Waals surface area contributed by atoms with Gasteiger partial charge in [-0.1, -0.05) is 6.92 Å². The molecule has 0 radical (unpaired) electrons. The lowest BCUT2D eigenvalue weighted by atomic mass is 9.81. The molecule has 3 heterocycles. The van der Waals surface area contributed by atoms with E-state index < -0.39 is 0 Å². The van der Waals surface area contributed by atoms with E-state index in [0.29, 0.717) is 5.41 Å². The number of pyridine rings is 1. The summed E-state index contributed by atoms with van der Waals surface area (Å²) in [6, 6.07) is 2.00. The minimum absolute atomic E-state index is 0.351. The monoisotopic (exact) mass is 259 g/mol. The van der Waals surface area contributed by atoms with Gasteiger partial charge in [0.25, 0.3) is 0 Å². The molecule has 1 aliphatic heterocycles. The largest absolute Gasteiger partial charge is 0.368 e. The van der Waals surface area contributed by atoms with Crippen molar-refractivity contribution in [3.63, 3.8) is 0 Å². The Morgan fingerprint density at radius 2 is 2.16 bits per heavy atom. The van der Waals surface area contributed by atoms with Gasteiger partial charge in [-0.25, -0.2) is 9.97 Å². The van der Waals surface area contributed by atoms with Gasteiger partial charge in [0, 0.05) is 19.8 Å². The van der Waals surface area contributed by atoms with Gasteiger partial charge in [0.1, 0.15) is 5.52 Å². The van der Waals surface area contributed by atoms with Crippen LogP contribution in [0.2, 0.25) is 0 Å². The van der Waals surface area contributed by atoms with E-state index in [-0.39, 0.29) is 0 Å². The molecule has 1 aliphatic rings. The van der Waals surface area contributed by atoms with E-state index in [1.54, 1.807) is 0 Å². The first kappa shape index (κ1) is 12.4. The first-order valence-electron chi connectivity index (χ1n) is 6.89. The Kier molecular flexibility index (Phi) is 3.14. The van der Waals surface area contributed by atoms with Crippen LogP contribution in [0.3, 0.4) is 0 Å². The summed E-state index contributed by atoms with van der Waals surface area (Å²) >= 11 is 0. The zero-order valence-corrected chi connectivity index (χ0v) is 11.6. The maximum atomic E-state index is 4.43. The summed E-state index contributed by atoms with van der Waals surface area (Å²) < 4.78 is 2.02. The van der Waals surface area contributed by atoms with Crippen molar-refractivity contribution in [3.05, 3.63) is 18.6 Å². The van der Waals surface area contributed by atoms with Crippen molar-refractivity contribution in [1.82, 2.24) is 19.9 Å². The molecule has 5 heteroatoms. The van der Waals surface area contributed by atoms with E-state index in [0.717, 1.165) is 36.5 Å². The molecule has 0 amide bonds. The normalized spacial score (nSPS) is 18.6. The summed E-state index contributed by atoms with van der Waals surface area (Å²) in [5.74, 6) is 0.901. The summed E-state index contributed by atoms with van der Waals surface area (Å²) in [7, 11) is 2.01. The molecule has 19 heavy (non-hydrogen) atoms. The van der Waals surface area contributed by atoms with Crippen LogP contribution < -0.4 is 10.6 Å². The van der Waals surface area contributed by atoms with Crippen LogP contribution in [0.4, 0.5) is 5.82 Å². The molecule has 0 bridgehead atoms. The average Bonchev–Trinajstić information content (AvgIpc) is 2.80. The Hall–Kier alpha value is -1.62. The molecule has 5 nitrogen and oxygen atoms in total. The van der Waals surface area contributed by atoms with E-state index in [2.05, 4.69) is 27.5 Å². The number of rotatable bonds is 3. The molecule has 0 atom stereocenters. The molecular formula is C14H21N5. The minimum atomic E-state index is 0.351. The van der Waals surface area contributed by atoms with Crippen LogP contribution in [-0.2, 0) is 7.05 Å². The minimum Gasteiger partial charge on any atom is -0.368 e. The van der Waals surface area contributed by atoms with Crippen LogP contribution in [0.15, 0.2) is 18.6 Å². The number of hydrogen-bond acceptors (Lipinski definition) is 4. The number of fused-ring (bicyclic) bond motifs is 1. The highest BCUT2D eigenvalue weighted by atomic mass is 15.1. The van der Waals surface area contributed by atoms with Gasteiger partial charge < -0.3 is 15.2 Å². The number of anilines is 1. The van der Waals surface area contributed by atoms with Gasteiger partial charge in [0.2, 0.25) is 0 Å². The van der Waals surface area contributed by atoms with Crippen LogP contribution in [-0.4, -0.2) is 34.2 Å². The van der Waals surface area contributed by atoms with Gasteiger partial charge in [-0.15, -0.1) is 0 Å². The molecule has 2 aromatic rings. The van der Waals surface area contributed by atoms with Crippen LogP contribution in [0.5, 0.6) is 0 Å². The standard InChI is InChI=1S/C14H21N5/c1-14(4-7-15-8-5-14)9-17-13-12-11(3-6-16-13)19(2)10-18-12/h3,6,10,15H,4-5,7-9H2,1-2H3,(H,16,17). The summed E-state index contributed by atoms with van der Waals surface area (Å²) in [6.07, 6.45) is 6.09. The van der Waals surface area contributed by atoms with Crippen LogP contribution >= 0.6 is 0 Å². The summed E-state index contributed by atoms with van der Waals surface area (Å²) in [6.45, 7) is 5.52. The second-order valence-corrected chi connectivity index (χ2v) is 5.80. The second-order valence-electron chi connectivity index (χ2n) is 5.80. The number of aryl methyl sites for hydroxylation is 1. The first-order valence-corrected chi connectivity index (χ1v) is 6.89. The van der Waals surface area contributed by atoms with Crippen molar-refractivity contribution in [1.29, 1.82) is 0 Å². The maximum Gasteiger partial charge on any atom is 0.154 e. The Morgan fingerprint density at radius 1 is 1.37 bits per heavy atom. The lowest BCUT2D eigenvalue weighted by Gasteiger charge is -2.34. The zero-order valence-electron chi connectivity index (χ0n) is 11.6. The van der Waals surface area contributed by atoms with E-state index in [9.17, 15) is 0 Å². The molecule has 0 saturated carbocycles. The number of hydrogen-bond donors (Lipinski definition) is 2. The number of imidazole rings is 1. The van der Waals surface area contributed by atoms with Gasteiger partial charge in [-0.2, -0.15) is 0 Å².